The summed E-state index contributed by atoms with van der Waals surface area (Å²) in [5.41, 5.74) is 0. The van der Waals surface area contributed by atoms with Gasteiger partial charge in [-0.2, -0.15) is 0 Å². The number of para-hydroxylation sites is 1. The molecule has 1 aliphatic rings. The van der Waals surface area contributed by atoms with Gasteiger partial charge in [-0.15, -0.1) is 0 Å². The van der Waals surface area contributed by atoms with Gasteiger partial charge in [-0.05, 0) is 25.0 Å². The van der Waals surface area contributed by atoms with Crippen molar-refractivity contribution in [3.63, 3.8) is 0 Å². The SMILES string of the molecule is c1ccc(OCC2CCCOC2)cc1. The van der Waals surface area contributed by atoms with Crippen LogP contribution in [0.2, 0.25) is 0 Å². The van der Waals surface area contributed by atoms with Crippen molar-refractivity contribution < 1.29 is 9.47 Å². The second-order valence-electron chi connectivity index (χ2n) is 3.71. The van der Waals surface area contributed by atoms with E-state index in [0.717, 1.165) is 25.6 Å². The minimum Gasteiger partial charge on any atom is -0.493 e. The number of benzene rings is 1. The van der Waals surface area contributed by atoms with Gasteiger partial charge >= 0.3 is 0 Å². The first-order valence-corrected chi connectivity index (χ1v) is 5.21. The van der Waals surface area contributed by atoms with Crippen LogP contribution in [0.15, 0.2) is 30.3 Å². The molecule has 0 aliphatic carbocycles. The molecule has 1 aromatic rings. The zero-order valence-corrected chi connectivity index (χ0v) is 8.32. The molecule has 76 valence electrons. The number of ether oxygens (including phenoxy) is 2. The molecule has 2 rings (SSSR count). The fourth-order valence-electron chi connectivity index (χ4n) is 1.67. The van der Waals surface area contributed by atoms with E-state index in [0.29, 0.717) is 5.92 Å². The van der Waals surface area contributed by atoms with Gasteiger partial charge < -0.3 is 9.47 Å². The predicted octanol–water partition coefficient (Wildman–Crippen LogP) is 2.49. The predicted molar refractivity (Wildman–Crippen MR) is 55.5 cm³/mol. The molecular weight excluding hydrogens is 176 g/mol. The lowest BCUT2D eigenvalue weighted by molar-refractivity contribution is 0.0352. The Labute approximate surface area is 84.8 Å². The van der Waals surface area contributed by atoms with E-state index < -0.39 is 0 Å². The fourth-order valence-corrected chi connectivity index (χ4v) is 1.67. The van der Waals surface area contributed by atoms with Crippen LogP contribution >= 0.6 is 0 Å². The lowest BCUT2D eigenvalue weighted by Crippen LogP contribution is -2.23. The van der Waals surface area contributed by atoms with Crippen LogP contribution in [0.3, 0.4) is 0 Å². The molecule has 0 spiro atoms. The van der Waals surface area contributed by atoms with Gasteiger partial charge in [0.25, 0.3) is 0 Å². The Morgan fingerprint density at radius 2 is 2.14 bits per heavy atom. The summed E-state index contributed by atoms with van der Waals surface area (Å²) in [7, 11) is 0. The van der Waals surface area contributed by atoms with E-state index in [2.05, 4.69) is 0 Å². The third-order valence-electron chi connectivity index (χ3n) is 2.48. The molecule has 2 heteroatoms. The fraction of sp³-hybridized carbons (Fsp3) is 0.500. The normalized spacial score (nSPS) is 21.9. The van der Waals surface area contributed by atoms with Gasteiger partial charge in [-0.1, -0.05) is 18.2 Å². The Morgan fingerprint density at radius 1 is 1.29 bits per heavy atom. The number of hydrogen-bond donors (Lipinski definition) is 0. The summed E-state index contributed by atoms with van der Waals surface area (Å²) in [4.78, 5) is 0. The minimum atomic E-state index is 0.573. The third kappa shape index (κ3) is 2.74. The first kappa shape index (κ1) is 9.53. The van der Waals surface area contributed by atoms with Gasteiger partial charge in [0.15, 0.2) is 0 Å². The Bertz CT molecular complexity index is 252. The highest BCUT2D eigenvalue weighted by molar-refractivity contribution is 5.20. The van der Waals surface area contributed by atoms with E-state index in [9.17, 15) is 0 Å². The first-order chi connectivity index (χ1) is 6.95. The van der Waals surface area contributed by atoms with Crippen molar-refractivity contribution in [1.29, 1.82) is 0 Å². The number of rotatable bonds is 3. The Hall–Kier alpha value is -1.02. The van der Waals surface area contributed by atoms with Gasteiger partial charge in [-0.3, -0.25) is 0 Å². The van der Waals surface area contributed by atoms with Crippen molar-refractivity contribution in [2.45, 2.75) is 12.8 Å². The molecule has 0 N–H and O–H groups in total. The monoisotopic (exact) mass is 192 g/mol. The second kappa shape index (κ2) is 5.01. The Balaban J connectivity index is 1.76. The van der Waals surface area contributed by atoms with Crippen molar-refractivity contribution in [1.82, 2.24) is 0 Å². The highest BCUT2D eigenvalue weighted by atomic mass is 16.5. The number of hydrogen-bond acceptors (Lipinski definition) is 2. The molecule has 2 nitrogen and oxygen atoms in total. The molecule has 1 aromatic carbocycles. The first-order valence-electron chi connectivity index (χ1n) is 5.21. The molecule has 1 heterocycles. The summed E-state index contributed by atoms with van der Waals surface area (Å²) < 4.78 is 11.1. The largest absolute Gasteiger partial charge is 0.493 e. The molecule has 14 heavy (non-hydrogen) atoms. The molecule has 0 aromatic heterocycles. The van der Waals surface area contributed by atoms with E-state index in [1.165, 1.54) is 12.8 Å². The van der Waals surface area contributed by atoms with Gasteiger partial charge in [0.1, 0.15) is 5.75 Å². The quantitative estimate of drug-likeness (QED) is 0.732. The Morgan fingerprint density at radius 3 is 2.86 bits per heavy atom. The van der Waals surface area contributed by atoms with Crippen molar-refractivity contribution in [2.75, 3.05) is 19.8 Å². The van der Waals surface area contributed by atoms with Gasteiger partial charge in [0.05, 0.1) is 13.2 Å². The maximum atomic E-state index is 5.67. The van der Waals surface area contributed by atoms with Crippen LogP contribution in [-0.2, 0) is 4.74 Å². The van der Waals surface area contributed by atoms with Crippen molar-refractivity contribution in [2.24, 2.45) is 5.92 Å². The van der Waals surface area contributed by atoms with Gasteiger partial charge in [-0.25, -0.2) is 0 Å². The Kier molecular flexibility index (Phi) is 3.41. The maximum Gasteiger partial charge on any atom is 0.119 e. The molecule has 1 fully saturated rings. The summed E-state index contributed by atoms with van der Waals surface area (Å²) in [6, 6.07) is 9.96. The summed E-state index contributed by atoms with van der Waals surface area (Å²) in [5.74, 6) is 1.53. The van der Waals surface area contributed by atoms with Crippen LogP contribution in [0.1, 0.15) is 12.8 Å². The lowest BCUT2D eigenvalue weighted by atomic mass is 10.0. The standard InChI is InChI=1S/C12H16O2/c1-2-6-12(7-3-1)14-10-11-5-4-8-13-9-11/h1-3,6-7,11H,4-5,8-10H2. The zero-order chi connectivity index (χ0) is 9.64. The smallest absolute Gasteiger partial charge is 0.119 e. The highest BCUT2D eigenvalue weighted by Crippen LogP contribution is 2.16. The van der Waals surface area contributed by atoms with Crippen LogP contribution in [0.25, 0.3) is 0 Å². The van der Waals surface area contributed by atoms with E-state index in [-0.39, 0.29) is 0 Å². The summed E-state index contributed by atoms with van der Waals surface area (Å²) in [5, 5.41) is 0. The molecule has 1 saturated heterocycles. The topological polar surface area (TPSA) is 18.5 Å². The molecule has 1 unspecified atom stereocenters. The molecule has 0 bridgehead atoms. The third-order valence-corrected chi connectivity index (χ3v) is 2.48. The highest BCUT2D eigenvalue weighted by Gasteiger charge is 2.14. The molecule has 1 aliphatic heterocycles. The van der Waals surface area contributed by atoms with E-state index in [1.54, 1.807) is 0 Å². The minimum absolute atomic E-state index is 0.573. The average molecular weight is 192 g/mol. The van der Waals surface area contributed by atoms with Gasteiger partial charge in [0, 0.05) is 12.5 Å². The molecule has 0 radical (unpaired) electrons. The van der Waals surface area contributed by atoms with Crippen molar-refractivity contribution in [3.05, 3.63) is 30.3 Å². The summed E-state index contributed by atoms with van der Waals surface area (Å²) in [6.07, 6.45) is 2.40. The second-order valence-corrected chi connectivity index (χ2v) is 3.71. The van der Waals surface area contributed by atoms with Crippen molar-refractivity contribution >= 4 is 0 Å². The van der Waals surface area contributed by atoms with Crippen LogP contribution in [-0.4, -0.2) is 19.8 Å². The molecule has 0 amide bonds. The summed E-state index contributed by atoms with van der Waals surface area (Å²) in [6.45, 7) is 2.55. The van der Waals surface area contributed by atoms with E-state index in [1.807, 2.05) is 30.3 Å². The van der Waals surface area contributed by atoms with Crippen LogP contribution < -0.4 is 4.74 Å². The van der Waals surface area contributed by atoms with Crippen LogP contribution in [0.5, 0.6) is 5.75 Å². The van der Waals surface area contributed by atoms with Crippen LogP contribution in [0, 0.1) is 5.92 Å². The average Bonchev–Trinajstić information content (AvgIpc) is 2.29. The summed E-state index contributed by atoms with van der Waals surface area (Å²) >= 11 is 0. The van der Waals surface area contributed by atoms with Gasteiger partial charge in [0.2, 0.25) is 0 Å². The van der Waals surface area contributed by atoms with Crippen molar-refractivity contribution in [3.8, 4) is 5.75 Å². The maximum absolute atomic E-state index is 5.67. The molecular formula is C12H16O2. The lowest BCUT2D eigenvalue weighted by Gasteiger charge is -2.21. The zero-order valence-electron chi connectivity index (χ0n) is 8.32. The molecule has 1 atom stereocenters. The van der Waals surface area contributed by atoms with Crippen LogP contribution in [0.4, 0.5) is 0 Å². The van der Waals surface area contributed by atoms with E-state index >= 15 is 0 Å². The van der Waals surface area contributed by atoms with E-state index in [4.69, 9.17) is 9.47 Å². The molecule has 0 saturated carbocycles.